The summed E-state index contributed by atoms with van der Waals surface area (Å²) in [6.45, 7) is 0. The van der Waals surface area contributed by atoms with Crippen molar-refractivity contribution in [2.75, 3.05) is 0 Å². The van der Waals surface area contributed by atoms with E-state index in [4.69, 9.17) is 17.8 Å². The van der Waals surface area contributed by atoms with Gasteiger partial charge in [-0.2, -0.15) is 0 Å². The van der Waals surface area contributed by atoms with Gasteiger partial charge in [0.1, 0.15) is 0 Å². The van der Waals surface area contributed by atoms with Crippen LogP contribution in [0.4, 0.5) is 0 Å². The first-order chi connectivity index (χ1) is 2.41. The van der Waals surface area contributed by atoms with Crippen LogP contribution in [0.15, 0.2) is 0 Å². The molecule has 5 heavy (non-hydrogen) atoms. The molecule has 0 aliphatic rings. The van der Waals surface area contributed by atoms with Crippen molar-refractivity contribution in [3.63, 3.8) is 0 Å². The van der Waals surface area contributed by atoms with Crippen LogP contribution in [0.3, 0.4) is 0 Å². The van der Waals surface area contributed by atoms with Gasteiger partial charge in [0.2, 0.25) is 0 Å². The number of halogens is 2. The maximum absolute atomic E-state index is 4.93. The van der Waals surface area contributed by atoms with Crippen molar-refractivity contribution in [1.82, 2.24) is 0 Å². The predicted molar refractivity (Wildman–Crippen MR) is 25.8 cm³/mol. The van der Waals surface area contributed by atoms with E-state index >= 15 is 0 Å². The van der Waals surface area contributed by atoms with E-state index in [0.29, 0.717) is 0 Å². The third-order valence-electron chi connectivity index (χ3n) is 0. The quantitative estimate of drug-likeness (QED) is 0.339. The summed E-state index contributed by atoms with van der Waals surface area (Å²) < 4.78 is 0. The van der Waals surface area contributed by atoms with Crippen molar-refractivity contribution < 1.29 is 0 Å². The molecule has 2 radical (unpaired) electrons. The van der Waals surface area contributed by atoms with Crippen LogP contribution in [0.2, 0.25) is 0 Å². The Morgan fingerprint density at radius 3 is 1.20 bits per heavy atom. The molecule has 0 aromatic carbocycles. The molecule has 0 aromatic rings. The monoisotopic (exact) mass is 222 g/mol. The standard InChI is InChI=1S/2ClH.H4N2.Sn/c;;1-2;/h2*1H;1-2H2;/q;;;+2/p-2. The van der Waals surface area contributed by atoms with Crippen LogP contribution in [0, 0.1) is 0 Å². The second-order valence-electron chi connectivity index (χ2n) is 0.0714. The first-order valence-corrected chi connectivity index (χ1v) is 7.94. The average Bonchev–Trinajstić information content (AvgIpc) is 1.46. The van der Waals surface area contributed by atoms with E-state index in [-0.39, 0.29) is 0 Å². The third-order valence-corrected chi connectivity index (χ3v) is 0. The molecule has 5 heteroatoms. The summed E-state index contributed by atoms with van der Waals surface area (Å²) in [5, 5.41) is 0. The van der Waals surface area contributed by atoms with E-state index in [1.807, 2.05) is 0 Å². The molecule has 0 atom stereocenters. The summed E-state index contributed by atoms with van der Waals surface area (Å²) >= 11 is -0.826. The molecule has 2 nitrogen and oxygen atoms in total. The van der Waals surface area contributed by atoms with E-state index < -0.39 is 18.9 Å². The molecule has 0 bridgehead atoms. The topological polar surface area (TPSA) is 52.0 Å². The Hall–Kier alpha value is 1.30. The number of nitrogens with two attached hydrogens (primary N) is 2. The van der Waals surface area contributed by atoms with E-state index in [1.54, 1.807) is 0 Å². The van der Waals surface area contributed by atoms with Crippen LogP contribution < -0.4 is 11.7 Å². The van der Waals surface area contributed by atoms with Crippen molar-refractivity contribution >= 4 is 36.7 Å². The summed E-state index contributed by atoms with van der Waals surface area (Å²) in [6.07, 6.45) is 0. The minimum atomic E-state index is -0.826. The average molecular weight is 222 g/mol. The number of hydrazine groups is 1. The Morgan fingerprint density at radius 2 is 1.20 bits per heavy atom. The number of hydrogen-bond donors (Lipinski definition) is 2. The molecule has 0 spiro atoms. The fraction of sp³-hybridized carbons (Fsp3) is 0. The predicted octanol–water partition coefficient (Wildman–Crippen LogP) is -0.183. The second-order valence-corrected chi connectivity index (χ2v) is 4.31. The van der Waals surface area contributed by atoms with Gasteiger partial charge in [0.05, 0.1) is 0 Å². The van der Waals surface area contributed by atoms with Gasteiger partial charge in [-0.3, -0.25) is 11.7 Å². The summed E-state index contributed by atoms with van der Waals surface area (Å²) in [6, 6.07) is 0. The Balaban J connectivity index is 0. The SMILES string of the molecule is NN.[Cl][Sn][Cl]. The van der Waals surface area contributed by atoms with Crippen LogP contribution in [-0.2, 0) is 0 Å². The van der Waals surface area contributed by atoms with E-state index in [2.05, 4.69) is 11.7 Å². The molecule has 0 fully saturated rings. The zero-order valence-electron chi connectivity index (χ0n) is 2.41. The summed E-state index contributed by atoms with van der Waals surface area (Å²) in [5.41, 5.74) is 0. The van der Waals surface area contributed by atoms with Crippen LogP contribution in [0.5, 0.6) is 0 Å². The van der Waals surface area contributed by atoms with Gasteiger partial charge < -0.3 is 0 Å². The molecule has 0 amide bonds. The van der Waals surface area contributed by atoms with Crippen molar-refractivity contribution in [3.8, 4) is 0 Å². The van der Waals surface area contributed by atoms with Gasteiger partial charge >= 0.3 is 36.7 Å². The van der Waals surface area contributed by atoms with Gasteiger partial charge in [0.15, 0.2) is 0 Å². The Bertz CT molecular complexity index is 7.61. The van der Waals surface area contributed by atoms with Crippen LogP contribution >= 0.6 is 17.8 Å². The zero-order valence-corrected chi connectivity index (χ0v) is 6.78. The van der Waals surface area contributed by atoms with E-state index in [9.17, 15) is 0 Å². The van der Waals surface area contributed by atoms with Crippen LogP contribution in [0.25, 0.3) is 0 Å². The first kappa shape index (κ1) is 9.57. The van der Waals surface area contributed by atoms with Crippen molar-refractivity contribution in [3.05, 3.63) is 0 Å². The number of hydrogen-bond acceptors (Lipinski definition) is 2. The Labute approximate surface area is 48.4 Å². The maximum atomic E-state index is 4.93. The van der Waals surface area contributed by atoms with Crippen molar-refractivity contribution in [1.29, 1.82) is 0 Å². The van der Waals surface area contributed by atoms with Crippen molar-refractivity contribution in [2.45, 2.75) is 0 Å². The normalized spacial score (nSPS) is 4.80. The molecule has 0 unspecified atom stereocenters. The van der Waals surface area contributed by atoms with Gasteiger partial charge in [0.25, 0.3) is 0 Å². The molecule has 0 aliphatic heterocycles. The van der Waals surface area contributed by atoms with Crippen LogP contribution in [-0.4, -0.2) is 18.9 Å². The molecule has 0 aliphatic carbocycles. The van der Waals surface area contributed by atoms with E-state index in [0.717, 1.165) is 0 Å². The van der Waals surface area contributed by atoms with Gasteiger partial charge in [-0.05, 0) is 0 Å². The summed E-state index contributed by atoms with van der Waals surface area (Å²) in [5.74, 6) is 8.00. The summed E-state index contributed by atoms with van der Waals surface area (Å²) in [7, 11) is 9.87. The molecule has 32 valence electrons. The molecule has 0 saturated carbocycles. The fourth-order valence-corrected chi connectivity index (χ4v) is 0. The molecular formula is H4Cl2N2Sn. The fourth-order valence-electron chi connectivity index (χ4n) is 0. The molecular weight excluding hydrogens is 218 g/mol. The molecule has 0 saturated heterocycles. The number of rotatable bonds is 0. The Morgan fingerprint density at radius 1 is 1.20 bits per heavy atom. The second kappa shape index (κ2) is 18.5. The van der Waals surface area contributed by atoms with Crippen LogP contribution in [0.1, 0.15) is 0 Å². The Kier molecular flexibility index (Phi) is 35.5. The molecule has 0 heterocycles. The van der Waals surface area contributed by atoms with Crippen molar-refractivity contribution in [2.24, 2.45) is 11.7 Å². The molecule has 0 aromatic heterocycles. The van der Waals surface area contributed by atoms with Gasteiger partial charge in [-0.25, -0.2) is 0 Å². The first-order valence-electron chi connectivity index (χ1n) is 0.711. The zero-order chi connectivity index (χ0) is 4.71. The molecule has 0 rings (SSSR count). The summed E-state index contributed by atoms with van der Waals surface area (Å²) in [4.78, 5) is 0. The van der Waals surface area contributed by atoms with Gasteiger partial charge in [-0.1, -0.05) is 0 Å². The van der Waals surface area contributed by atoms with Gasteiger partial charge in [0, 0.05) is 0 Å². The minimum absolute atomic E-state index is 0.826. The van der Waals surface area contributed by atoms with Gasteiger partial charge in [-0.15, -0.1) is 0 Å². The third kappa shape index (κ3) is 34.2. The molecule has 4 N–H and O–H groups in total. The van der Waals surface area contributed by atoms with E-state index in [1.165, 1.54) is 0 Å².